The molecule has 0 saturated carbocycles. The van der Waals surface area contributed by atoms with Gasteiger partial charge in [0, 0.05) is 36.7 Å². The Morgan fingerprint density at radius 1 is 1.06 bits per heavy atom. The molecule has 1 atom stereocenters. The lowest BCUT2D eigenvalue weighted by Gasteiger charge is -2.39. The van der Waals surface area contributed by atoms with E-state index in [9.17, 15) is 17.6 Å². The number of H-pyrrole nitrogens is 1. The molecular formula is C26H31FN4O4S. The maximum absolute atomic E-state index is 13.8. The number of fused-ring (bicyclic) bond motifs is 1. The van der Waals surface area contributed by atoms with E-state index in [2.05, 4.69) is 10.5 Å². The molecule has 2 aromatic carbocycles. The Morgan fingerprint density at radius 3 is 2.61 bits per heavy atom. The van der Waals surface area contributed by atoms with Gasteiger partial charge in [-0.05, 0) is 60.9 Å². The number of amides is 1. The summed E-state index contributed by atoms with van der Waals surface area (Å²) in [6.45, 7) is 1.22. The quantitative estimate of drug-likeness (QED) is 0.469. The summed E-state index contributed by atoms with van der Waals surface area (Å²) in [5.41, 5.74) is 5.26. The standard InChI is InChI=1S/C26H31FN4O4S/c27-21-9-10-24-22(16-21)23(17-28-24)20-11-14-30(15-12-20)36(33,34)31-13-5-4-8-25(31)26(32)29-35-18-19-6-2-1-3-7-19/h1-3,6-7,9-10,16-17,20,25,28H,4-5,8,11-15,18H2,(H,29,32)/t25-/m1/s1. The molecule has 36 heavy (non-hydrogen) atoms. The lowest BCUT2D eigenvalue weighted by Crippen LogP contribution is -2.56. The number of benzene rings is 2. The molecule has 2 aliphatic heterocycles. The van der Waals surface area contributed by atoms with Crippen LogP contribution in [0.25, 0.3) is 10.9 Å². The maximum atomic E-state index is 13.8. The fourth-order valence-electron chi connectivity index (χ4n) is 5.27. The highest BCUT2D eigenvalue weighted by molar-refractivity contribution is 7.86. The first-order valence-corrected chi connectivity index (χ1v) is 13.8. The van der Waals surface area contributed by atoms with Crippen LogP contribution in [0, 0.1) is 5.82 Å². The molecule has 0 bridgehead atoms. The third-order valence-corrected chi connectivity index (χ3v) is 9.25. The van der Waals surface area contributed by atoms with Crippen LogP contribution in [0.4, 0.5) is 4.39 Å². The SMILES string of the molecule is O=C(NOCc1ccccc1)[C@H]1CCCCN1S(=O)(=O)N1CCC(c2c[nH]c3ccc(F)cc23)CC1. The molecule has 2 fully saturated rings. The van der Waals surface area contributed by atoms with Gasteiger partial charge < -0.3 is 4.98 Å². The molecule has 5 rings (SSSR count). The molecule has 192 valence electrons. The largest absolute Gasteiger partial charge is 0.361 e. The summed E-state index contributed by atoms with van der Waals surface area (Å²) < 4.78 is 43.8. The van der Waals surface area contributed by atoms with Crippen molar-refractivity contribution in [1.82, 2.24) is 19.1 Å². The minimum atomic E-state index is -3.82. The molecule has 3 aromatic rings. The van der Waals surface area contributed by atoms with Gasteiger partial charge in [-0.3, -0.25) is 9.63 Å². The van der Waals surface area contributed by atoms with Crippen molar-refractivity contribution >= 4 is 27.0 Å². The molecule has 2 aliphatic rings. The number of piperidine rings is 2. The van der Waals surface area contributed by atoms with E-state index in [1.165, 1.54) is 20.7 Å². The minimum Gasteiger partial charge on any atom is -0.361 e. The van der Waals surface area contributed by atoms with Crippen LogP contribution in [0.2, 0.25) is 0 Å². The first-order chi connectivity index (χ1) is 17.4. The molecular weight excluding hydrogens is 483 g/mol. The summed E-state index contributed by atoms with van der Waals surface area (Å²) in [7, 11) is -3.82. The van der Waals surface area contributed by atoms with Gasteiger partial charge in [0.15, 0.2) is 0 Å². The number of halogens is 1. The van der Waals surface area contributed by atoms with E-state index in [-0.39, 0.29) is 18.3 Å². The molecule has 2 saturated heterocycles. The monoisotopic (exact) mass is 514 g/mol. The zero-order valence-electron chi connectivity index (χ0n) is 20.0. The molecule has 0 radical (unpaired) electrons. The number of rotatable bonds is 7. The summed E-state index contributed by atoms with van der Waals surface area (Å²) in [6.07, 6.45) is 5.12. The topological polar surface area (TPSA) is 94.7 Å². The second kappa shape index (κ2) is 10.7. The summed E-state index contributed by atoms with van der Waals surface area (Å²) >= 11 is 0. The van der Waals surface area contributed by atoms with Crippen LogP contribution in [0.1, 0.15) is 49.1 Å². The van der Waals surface area contributed by atoms with Crippen molar-refractivity contribution in [3.05, 3.63) is 71.7 Å². The molecule has 1 amide bonds. The number of nitrogens with zero attached hydrogens (tertiary/aromatic N) is 2. The molecule has 1 aromatic heterocycles. The zero-order valence-corrected chi connectivity index (χ0v) is 20.8. The molecule has 3 heterocycles. The van der Waals surface area contributed by atoms with Crippen molar-refractivity contribution in [2.45, 2.75) is 50.7 Å². The zero-order chi connectivity index (χ0) is 25.1. The van der Waals surface area contributed by atoms with Crippen molar-refractivity contribution in [2.24, 2.45) is 0 Å². The Kier molecular flexibility index (Phi) is 7.38. The van der Waals surface area contributed by atoms with Crippen molar-refractivity contribution in [3.8, 4) is 0 Å². The van der Waals surface area contributed by atoms with Gasteiger partial charge in [0.25, 0.3) is 16.1 Å². The first-order valence-electron chi connectivity index (χ1n) is 12.4. The van der Waals surface area contributed by atoms with Gasteiger partial charge >= 0.3 is 0 Å². The van der Waals surface area contributed by atoms with Gasteiger partial charge in [0.2, 0.25) is 0 Å². The van der Waals surface area contributed by atoms with Crippen molar-refractivity contribution in [1.29, 1.82) is 0 Å². The number of hydrogen-bond acceptors (Lipinski definition) is 4. The van der Waals surface area contributed by atoms with Crippen LogP contribution in [-0.4, -0.2) is 53.6 Å². The van der Waals surface area contributed by atoms with E-state index in [4.69, 9.17) is 4.84 Å². The van der Waals surface area contributed by atoms with E-state index >= 15 is 0 Å². The predicted molar refractivity (Wildman–Crippen MR) is 134 cm³/mol. The Hall–Kier alpha value is -2.79. The molecule has 0 aliphatic carbocycles. The average molecular weight is 515 g/mol. The summed E-state index contributed by atoms with van der Waals surface area (Å²) in [4.78, 5) is 21.5. The van der Waals surface area contributed by atoms with Crippen molar-refractivity contribution in [3.63, 3.8) is 0 Å². The highest BCUT2D eigenvalue weighted by Crippen LogP contribution is 2.35. The number of aromatic nitrogens is 1. The van der Waals surface area contributed by atoms with Crippen molar-refractivity contribution in [2.75, 3.05) is 19.6 Å². The number of carbonyl (C=O) groups is 1. The summed E-state index contributed by atoms with van der Waals surface area (Å²) in [5, 5.41) is 0.847. The fourth-order valence-corrected chi connectivity index (χ4v) is 7.13. The Balaban J connectivity index is 1.22. The average Bonchev–Trinajstić information content (AvgIpc) is 3.32. The van der Waals surface area contributed by atoms with Gasteiger partial charge in [-0.15, -0.1) is 0 Å². The third-order valence-electron chi connectivity index (χ3n) is 7.20. The van der Waals surface area contributed by atoms with E-state index in [1.54, 1.807) is 6.07 Å². The normalized spacial score (nSPS) is 20.5. The van der Waals surface area contributed by atoms with Crippen LogP contribution < -0.4 is 5.48 Å². The van der Waals surface area contributed by atoms with Crippen LogP contribution in [0.3, 0.4) is 0 Å². The Morgan fingerprint density at radius 2 is 1.83 bits per heavy atom. The highest BCUT2D eigenvalue weighted by Gasteiger charge is 2.41. The lowest BCUT2D eigenvalue weighted by molar-refractivity contribution is -0.139. The Labute approximate surface area is 210 Å². The second-order valence-corrected chi connectivity index (χ2v) is 11.4. The van der Waals surface area contributed by atoms with Gasteiger partial charge in [0.05, 0.1) is 6.61 Å². The van der Waals surface area contributed by atoms with Crippen LogP contribution in [0.5, 0.6) is 0 Å². The van der Waals surface area contributed by atoms with E-state index in [0.717, 1.165) is 28.5 Å². The fraction of sp³-hybridized carbons (Fsp3) is 0.423. The number of aromatic amines is 1. The Bertz CT molecular complexity index is 1310. The molecule has 8 nitrogen and oxygen atoms in total. The van der Waals surface area contributed by atoms with Gasteiger partial charge in [-0.2, -0.15) is 17.0 Å². The number of carbonyl (C=O) groups excluding carboxylic acids is 1. The van der Waals surface area contributed by atoms with Gasteiger partial charge in [-0.25, -0.2) is 9.87 Å². The van der Waals surface area contributed by atoms with Crippen molar-refractivity contribution < 1.29 is 22.4 Å². The number of hydroxylamine groups is 1. The first kappa shape index (κ1) is 24.9. The maximum Gasteiger partial charge on any atom is 0.282 e. The summed E-state index contributed by atoms with van der Waals surface area (Å²) in [6, 6.07) is 13.3. The van der Waals surface area contributed by atoms with Crippen LogP contribution >= 0.6 is 0 Å². The second-order valence-electron chi connectivity index (χ2n) is 9.48. The predicted octanol–water partition coefficient (Wildman–Crippen LogP) is 3.83. The van der Waals surface area contributed by atoms with E-state index in [1.807, 2.05) is 36.5 Å². The summed E-state index contributed by atoms with van der Waals surface area (Å²) in [5.74, 6) is -0.589. The lowest BCUT2D eigenvalue weighted by atomic mass is 9.90. The number of hydrogen-bond donors (Lipinski definition) is 2. The smallest absolute Gasteiger partial charge is 0.282 e. The number of nitrogens with one attached hydrogen (secondary N) is 2. The van der Waals surface area contributed by atoms with Gasteiger partial charge in [0.1, 0.15) is 11.9 Å². The molecule has 0 unspecified atom stereocenters. The van der Waals surface area contributed by atoms with E-state index < -0.39 is 22.2 Å². The highest BCUT2D eigenvalue weighted by atomic mass is 32.2. The molecule has 2 N–H and O–H groups in total. The third kappa shape index (κ3) is 5.17. The van der Waals surface area contributed by atoms with Crippen LogP contribution in [-0.2, 0) is 26.4 Å². The van der Waals surface area contributed by atoms with E-state index in [0.29, 0.717) is 45.3 Å². The van der Waals surface area contributed by atoms with Crippen LogP contribution in [0.15, 0.2) is 54.7 Å². The minimum absolute atomic E-state index is 0.138. The van der Waals surface area contributed by atoms with Gasteiger partial charge in [-0.1, -0.05) is 36.8 Å². The molecule has 0 spiro atoms. The molecule has 10 heteroatoms.